The van der Waals surface area contributed by atoms with Gasteiger partial charge in [-0.15, -0.1) is 0 Å². The molecule has 13 nitrogen and oxygen atoms in total. The SMILES string of the molecule is C=CCOC(=O)N(C(=O)c1c(C)c(C(=O)OCC)nn1-c1ccc(OC)cc1)C1CCN(N2CCOCC2=O)CC1. The van der Waals surface area contributed by atoms with Gasteiger partial charge in [0.1, 0.15) is 24.7 Å². The van der Waals surface area contributed by atoms with Gasteiger partial charge in [0.25, 0.3) is 11.8 Å². The Labute approximate surface area is 238 Å². The number of hydrogen-bond acceptors (Lipinski definition) is 10. The molecule has 0 unspecified atom stereocenters. The molecule has 2 aromatic rings. The zero-order valence-electron chi connectivity index (χ0n) is 23.5. The monoisotopic (exact) mass is 569 g/mol. The van der Waals surface area contributed by atoms with Crippen molar-refractivity contribution in [2.24, 2.45) is 0 Å². The molecule has 4 rings (SSSR count). The lowest BCUT2D eigenvalue weighted by atomic mass is 10.0. The third-order valence-electron chi connectivity index (χ3n) is 6.96. The van der Waals surface area contributed by atoms with Gasteiger partial charge >= 0.3 is 12.1 Å². The fourth-order valence-corrected chi connectivity index (χ4v) is 4.92. The van der Waals surface area contributed by atoms with E-state index in [1.807, 2.05) is 5.01 Å². The van der Waals surface area contributed by atoms with Crippen molar-refractivity contribution in [2.75, 3.05) is 53.2 Å². The number of aromatic nitrogens is 2. The van der Waals surface area contributed by atoms with Crippen molar-refractivity contribution in [3.05, 3.63) is 53.9 Å². The lowest BCUT2D eigenvalue weighted by Crippen LogP contribution is -2.57. The normalized spacial score (nSPS) is 16.3. The summed E-state index contributed by atoms with van der Waals surface area (Å²) in [7, 11) is 1.54. The molecule has 0 N–H and O–H groups in total. The van der Waals surface area contributed by atoms with Gasteiger partial charge in [-0.25, -0.2) is 24.2 Å². The van der Waals surface area contributed by atoms with Crippen LogP contribution in [0.3, 0.4) is 0 Å². The van der Waals surface area contributed by atoms with Crippen LogP contribution < -0.4 is 4.74 Å². The smallest absolute Gasteiger partial charge is 0.417 e. The number of carbonyl (C=O) groups excluding carboxylic acids is 4. The van der Waals surface area contributed by atoms with Gasteiger partial charge < -0.3 is 18.9 Å². The summed E-state index contributed by atoms with van der Waals surface area (Å²) in [6.07, 6.45) is 1.38. The molecule has 2 fully saturated rings. The molecular weight excluding hydrogens is 534 g/mol. The Hall–Kier alpha value is -4.23. The van der Waals surface area contributed by atoms with Crippen LogP contribution >= 0.6 is 0 Å². The zero-order chi connectivity index (χ0) is 29.5. The molecule has 0 atom stereocenters. The van der Waals surface area contributed by atoms with Gasteiger partial charge in [-0.3, -0.25) is 14.6 Å². The number of carbonyl (C=O) groups is 4. The van der Waals surface area contributed by atoms with Crippen molar-refractivity contribution in [3.63, 3.8) is 0 Å². The molecule has 0 aliphatic carbocycles. The molecule has 2 saturated heterocycles. The van der Waals surface area contributed by atoms with Crippen molar-refractivity contribution >= 4 is 23.9 Å². The molecule has 0 saturated carbocycles. The first-order valence-electron chi connectivity index (χ1n) is 13.5. The molecule has 41 heavy (non-hydrogen) atoms. The summed E-state index contributed by atoms with van der Waals surface area (Å²) in [4.78, 5) is 53.8. The van der Waals surface area contributed by atoms with Crippen molar-refractivity contribution in [3.8, 4) is 11.4 Å². The van der Waals surface area contributed by atoms with Crippen LogP contribution in [0.15, 0.2) is 36.9 Å². The van der Waals surface area contributed by atoms with Crippen LogP contribution in [-0.4, -0.2) is 108 Å². The van der Waals surface area contributed by atoms with E-state index >= 15 is 0 Å². The Kier molecular flexibility index (Phi) is 9.73. The quantitative estimate of drug-likeness (QED) is 0.327. The van der Waals surface area contributed by atoms with E-state index in [0.29, 0.717) is 50.5 Å². The molecule has 1 aromatic heterocycles. The molecular formula is C28H35N5O8. The summed E-state index contributed by atoms with van der Waals surface area (Å²) in [6, 6.07) is 6.24. The zero-order valence-corrected chi connectivity index (χ0v) is 23.5. The molecule has 0 spiro atoms. The number of imide groups is 1. The largest absolute Gasteiger partial charge is 0.497 e. The van der Waals surface area contributed by atoms with E-state index in [1.54, 1.807) is 43.1 Å². The molecule has 1 aromatic carbocycles. The minimum Gasteiger partial charge on any atom is -0.497 e. The van der Waals surface area contributed by atoms with Crippen LogP contribution in [0.1, 0.15) is 46.3 Å². The first kappa shape index (κ1) is 29.7. The average molecular weight is 570 g/mol. The Balaban J connectivity index is 1.69. The Morgan fingerprint density at radius 2 is 1.85 bits per heavy atom. The van der Waals surface area contributed by atoms with Crippen LogP contribution in [-0.2, 0) is 19.0 Å². The third-order valence-corrected chi connectivity index (χ3v) is 6.96. The number of methoxy groups -OCH3 is 1. The number of piperidine rings is 1. The lowest BCUT2D eigenvalue weighted by molar-refractivity contribution is -0.168. The second kappa shape index (κ2) is 13.4. The molecule has 2 aliphatic rings. The van der Waals surface area contributed by atoms with E-state index in [4.69, 9.17) is 18.9 Å². The van der Waals surface area contributed by atoms with Gasteiger partial charge in [0.05, 0.1) is 32.6 Å². The van der Waals surface area contributed by atoms with E-state index in [1.165, 1.54) is 17.9 Å². The second-order valence-corrected chi connectivity index (χ2v) is 9.45. The van der Waals surface area contributed by atoms with Crippen LogP contribution in [0.2, 0.25) is 0 Å². The van der Waals surface area contributed by atoms with Crippen molar-refractivity contribution in [2.45, 2.75) is 32.7 Å². The van der Waals surface area contributed by atoms with E-state index in [0.717, 1.165) is 4.90 Å². The summed E-state index contributed by atoms with van der Waals surface area (Å²) in [5.74, 6) is -0.887. The maximum absolute atomic E-state index is 14.3. The standard InChI is InChI=1S/C28H35N5O8/c1-5-16-41-28(37)32(20-11-13-30(14-12-20)31-15-17-39-18-23(31)34)26(35)25-19(3)24(27(36)40-6-2)29-33(25)21-7-9-22(38-4)10-8-21/h5,7-10,20H,1,6,11-18H2,2-4H3. The molecule has 0 radical (unpaired) electrons. The number of esters is 1. The highest BCUT2D eigenvalue weighted by Gasteiger charge is 2.39. The maximum atomic E-state index is 14.3. The predicted octanol–water partition coefficient (Wildman–Crippen LogP) is 2.37. The minimum absolute atomic E-state index is 0.0237. The Morgan fingerprint density at radius 3 is 2.46 bits per heavy atom. The van der Waals surface area contributed by atoms with Gasteiger partial charge in [0.15, 0.2) is 5.69 Å². The number of morpholine rings is 1. The van der Waals surface area contributed by atoms with Crippen molar-refractivity contribution < 1.29 is 38.1 Å². The van der Waals surface area contributed by atoms with Crippen molar-refractivity contribution in [1.29, 1.82) is 0 Å². The fourth-order valence-electron chi connectivity index (χ4n) is 4.92. The molecule has 13 heteroatoms. The number of amides is 3. The highest BCUT2D eigenvalue weighted by molar-refractivity contribution is 6.05. The van der Waals surface area contributed by atoms with Crippen LogP contribution in [0.25, 0.3) is 5.69 Å². The van der Waals surface area contributed by atoms with E-state index in [2.05, 4.69) is 11.7 Å². The van der Waals surface area contributed by atoms with Gasteiger partial charge in [0, 0.05) is 24.7 Å². The number of benzene rings is 1. The maximum Gasteiger partial charge on any atom is 0.417 e. The molecule has 2 aliphatic heterocycles. The summed E-state index contributed by atoms with van der Waals surface area (Å²) in [5.41, 5.74) is 0.737. The number of rotatable bonds is 9. The van der Waals surface area contributed by atoms with Crippen LogP contribution in [0, 0.1) is 6.92 Å². The second-order valence-electron chi connectivity index (χ2n) is 9.45. The molecule has 3 amide bonds. The minimum atomic E-state index is -0.838. The van der Waals surface area contributed by atoms with Gasteiger partial charge in [-0.05, 0) is 51.0 Å². The van der Waals surface area contributed by atoms with Crippen LogP contribution in [0.5, 0.6) is 5.75 Å². The molecule has 220 valence electrons. The van der Waals surface area contributed by atoms with E-state index < -0.39 is 24.0 Å². The summed E-state index contributed by atoms with van der Waals surface area (Å²) < 4.78 is 22.3. The number of hydrogen-bond donors (Lipinski definition) is 0. The highest BCUT2D eigenvalue weighted by atomic mass is 16.6. The topological polar surface area (TPSA) is 133 Å². The molecule has 0 bridgehead atoms. The van der Waals surface area contributed by atoms with Gasteiger partial charge in [0.2, 0.25) is 0 Å². The van der Waals surface area contributed by atoms with Gasteiger partial charge in [-0.1, -0.05) is 12.7 Å². The van der Waals surface area contributed by atoms with Crippen LogP contribution in [0.4, 0.5) is 4.79 Å². The number of hydrazine groups is 1. The number of ether oxygens (including phenoxy) is 4. The average Bonchev–Trinajstić information content (AvgIpc) is 3.34. The van der Waals surface area contributed by atoms with Gasteiger partial charge in [-0.2, -0.15) is 5.10 Å². The van der Waals surface area contributed by atoms with E-state index in [9.17, 15) is 19.2 Å². The van der Waals surface area contributed by atoms with Crippen molar-refractivity contribution in [1.82, 2.24) is 24.7 Å². The first-order chi connectivity index (χ1) is 19.8. The summed E-state index contributed by atoms with van der Waals surface area (Å²) in [5, 5.41) is 8.01. The Bertz CT molecular complexity index is 1280. The first-order valence-corrected chi connectivity index (χ1v) is 13.5. The predicted molar refractivity (Wildman–Crippen MR) is 146 cm³/mol. The highest BCUT2D eigenvalue weighted by Crippen LogP contribution is 2.27. The fraction of sp³-hybridized carbons (Fsp3) is 0.464. The number of nitrogens with zero attached hydrogens (tertiary/aromatic N) is 5. The summed E-state index contributed by atoms with van der Waals surface area (Å²) >= 11 is 0. The third kappa shape index (κ3) is 6.41. The van der Waals surface area contributed by atoms with E-state index in [-0.39, 0.29) is 42.7 Å². The molecule has 3 heterocycles. The lowest BCUT2D eigenvalue weighted by Gasteiger charge is -2.42. The Morgan fingerprint density at radius 1 is 1.15 bits per heavy atom. The summed E-state index contributed by atoms with van der Waals surface area (Å²) in [6.45, 7) is 8.70.